The molecule has 0 saturated carbocycles. The van der Waals surface area contributed by atoms with E-state index in [9.17, 15) is 14.9 Å². The van der Waals surface area contributed by atoms with Crippen LogP contribution in [0.3, 0.4) is 0 Å². The van der Waals surface area contributed by atoms with Gasteiger partial charge in [0.25, 0.3) is 5.91 Å². The minimum atomic E-state index is -0.752. The fourth-order valence-corrected chi connectivity index (χ4v) is 2.37. The molecule has 0 spiro atoms. The maximum atomic E-state index is 12.3. The maximum Gasteiger partial charge on any atom is 0.252 e. The predicted octanol–water partition coefficient (Wildman–Crippen LogP) is 3.08. The molecule has 0 heterocycles. The molecular formula is C20H21N3O2. The van der Waals surface area contributed by atoms with Crippen LogP contribution in [-0.2, 0) is 5.41 Å². The van der Waals surface area contributed by atoms with E-state index in [0.717, 1.165) is 11.1 Å². The first-order valence-corrected chi connectivity index (χ1v) is 7.93. The smallest absolute Gasteiger partial charge is 0.252 e. The van der Waals surface area contributed by atoms with Crippen molar-refractivity contribution < 1.29 is 9.59 Å². The van der Waals surface area contributed by atoms with Crippen LogP contribution in [0.1, 0.15) is 58.7 Å². The van der Waals surface area contributed by atoms with E-state index >= 15 is 0 Å². The minimum absolute atomic E-state index is 0.0199. The molecule has 5 heteroatoms. The third-order valence-electron chi connectivity index (χ3n) is 3.95. The molecule has 2 aromatic carbocycles. The largest absolute Gasteiger partial charge is 0.366 e. The van der Waals surface area contributed by atoms with Gasteiger partial charge in [0, 0.05) is 11.1 Å². The molecule has 0 aromatic heterocycles. The Kier molecular flexibility index (Phi) is 5.23. The molecule has 5 nitrogen and oxygen atoms in total. The summed E-state index contributed by atoms with van der Waals surface area (Å²) in [7, 11) is 0. The summed E-state index contributed by atoms with van der Waals surface area (Å²) in [6.45, 7) is 6.34. The predicted molar refractivity (Wildman–Crippen MR) is 95.9 cm³/mol. The average molecular weight is 335 g/mol. The summed E-state index contributed by atoms with van der Waals surface area (Å²) in [5.41, 5.74) is 7.76. The molecule has 3 N–H and O–H groups in total. The van der Waals surface area contributed by atoms with Crippen LogP contribution in [-0.4, -0.2) is 11.8 Å². The Morgan fingerprint density at radius 2 is 1.52 bits per heavy atom. The van der Waals surface area contributed by atoms with Gasteiger partial charge in [-0.3, -0.25) is 9.59 Å². The van der Waals surface area contributed by atoms with E-state index in [0.29, 0.717) is 11.1 Å². The van der Waals surface area contributed by atoms with Gasteiger partial charge in [0.1, 0.15) is 6.04 Å². The number of hydrogen-bond acceptors (Lipinski definition) is 3. The summed E-state index contributed by atoms with van der Waals surface area (Å²) in [6.07, 6.45) is 0. The van der Waals surface area contributed by atoms with Crippen molar-refractivity contribution in [2.75, 3.05) is 0 Å². The first-order valence-electron chi connectivity index (χ1n) is 7.93. The van der Waals surface area contributed by atoms with E-state index < -0.39 is 11.9 Å². The van der Waals surface area contributed by atoms with Gasteiger partial charge in [0.15, 0.2) is 0 Å². The molecule has 128 valence electrons. The van der Waals surface area contributed by atoms with E-state index in [1.807, 2.05) is 24.3 Å². The van der Waals surface area contributed by atoms with Crippen LogP contribution in [0.4, 0.5) is 0 Å². The number of nitriles is 1. The molecule has 0 unspecified atom stereocenters. The lowest BCUT2D eigenvalue weighted by Crippen LogP contribution is -2.27. The van der Waals surface area contributed by atoms with Gasteiger partial charge in [-0.05, 0) is 40.8 Å². The second-order valence-corrected chi connectivity index (χ2v) is 6.85. The molecule has 0 aliphatic rings. The van der Waals surface area contributed by atoms with E-state index in [4.69, 9.17) is 5.73 Å². The lowest BCUT2D eigenvalue weighted by Gasteiger charge is -2.20. The van der Waals surface area contributed by atoms with Crippen LogP contribution in [0.25, 0.3) is 0 Å². The highest BCUT2D eigenvalue weighted by molar-refractivity contribution is 5.97. The Labute approximate surface area is 147 Å². The van der Waals surface area contributed by atoms with Gasteiger partial charge < -0.3 is 11.1 Å². The van der Waals surface area contributed by atoms with Gasteiger partial charge in [0.05, 0.1) is 6.07 Å². The zero-order chi connectivity index (χ0) is 18.6. The lowest BCUT2D eigenvalue weighted by atomic mass is 9.86. The van der Waals surface area contributed by atoms with E-state index in [2.05, 4.69) is 32.2 Å². The number of nitrogens with zero attached hydrogens (tertiary/aromatic N) is 1. The van der Waals surface area contributed by atoms with Crippen LogP contribution in [0.15, 0.2) is 48.5 Å². The third kappa shape index (κ3) is 4.45. The molecule has 1 atom stereocenters. The number of nitrogens with one attached hydrogen (secondary N) is 1. The van der Waals surface area contributed by atoms with Gasteiger partial charge in [-0.15, -0.1) is 0 Å². The van der Waals surface area contributed by atoms with Crippen LogP contribution in [0, 0.1) is 11.3 Å². The van der Waals surface area contributed by atoms with Crippen molar-refractivity contribution in [1.29, 1.82) is 5.26 Å². The summed E-state index contributed by atoms with van der Waals surface area (Å²) in [6, 6.07) is 15.0. The number of hydrogen-bond donors (Lipinski definition) is 2. The third-order valence-corrected chi connectivity index (χ3v) is 3.95. The number of amides is 2. The van der Waals surface area contributed by atoms with E-state index in [1.54, 1.807) is 0 Å². The number of carbonyl (C=O) groups excluding carboxylic acids is 2. The Hall–Kier alpha value is -3.13. The molecule has 0 aliphatic heterocycles. The Balaban J connectivity index is 2.15. The number of benzene rings is 2. The van der Waals surface area contributed by atoms with Crippen LogP contribution < -0.4 is 11.1 Å². The van der Waals surface area contributed by atoms with Gasteiger partial charge in [-0.25, -0.2) is 0 Å². The van der Waals surface area contributed by atoms with E-state index in [1.165, 1.54) is 24.3 Å². The highest BCUT2D eigenvalue weighted by atomic mass is 16.2. The molecule has 0 saturated heterocycles. The normalized spacial score (nSPS) is 12.1. The highest BCUT2D eigenvalue weighted by Gasteiger charge is 2.18. The minimum Gasteiger partial charge on any atom is -0.366 e. The molecule has 0 radical (unpaired) electrons. The molecule has 2 rings (SSSR count). The van der Waals surface area contributed by atoms with Crippen LogP contribution >= 0.6 is 0 Å². The number of nitrogens with two attached hydrogens (primary N) is 1. The van der Waals surface area contributed by atoms with Gasteiger partial charge >= 0.3 is 0 Å². The maximum absolute atomic E-state index is 12.3. The molecule has 0 fully saturated rings. The fourth-order valence-electron chi connectivity index (χ4n) is 2.37. The monoisotopic (exact) mass is 335 g/mol. The zero-order valence-corrected chi connectivity index (χ0v) is 14.5. The topological polar surface area (TPSA) is 96.0 Å². The summed E-state index contributed by atoms with van der Waals surface area (Å²) in [5, 5.41) is 12.1. The van der Waals surface area contributed by atoms with Crippen LogP contribution in [0.2, 0.25) is 0 Å². The quantitative estimate of drug-likeness (QED) is 0.898. The summed E-state index contributed by atoms with van der Waals surface area (Å²) in [5.74, 6) is -0.941. The standard InChI is InChI=1S/C20H21N3O2/c1-20(2,3)16-10-8-13(9-11-16)17(12-21)23-19(25)15-6-4-14(5-7-15)18(22)24/h4-11,17H,1-3H3,(H2,22,24)(H,23,25)/t17-/m1/s1. The fraction of sp³-hybridized carbons (Fsp3) is 0.250. The molecule has 2 amide bonds. The van der Waals surface area contributed by atoms with Gasteiger partial charge in [-0.2, -0.15) is 5.26 Å². The second-order valence-electron chi connectivity index (χ2n) is 6.85. The zero-order valence-electron chi connectivity index (χ0n) is 14.5. The first-order chi connectivity index (χ1) is 11.7. The summed E-state index contributed by atoms with van der Waals surface area (Å²) < 4.78 is 0. The average Bonchev–Trinajstić information content (AvgIpc) is 2.59. The first kappa shape index (κ1) is 18.2. The van der Waals surface area contributed by atoms with Crippen molar-refractivity contribution in [2.24, 2.45) is 5.73 Å². The summed E-state index contributed by atoms with van der Waals surface area (Å²) in [4.78, 5) is 23.4. The molecule has 0 bridgehead atoms. The molecule has 25 heavy (non-hydrogen) atoms. The lowest BCUT2D eigenvalue weighted by molar-refractivity contribution is 0.0942. The van der Waals surface area contributed by atoms with E-state index in [-0.39, 0.29) is 11.3 Å². The number of primary amides is 1. The van der Waals surface area contributed by atoms with Gasteiger partial charge in [0.2, 0.25) is 5.91 Å². The number of carbonyl (C=O) groups is 2. The van der Waals surface area contributed by atoms with Crippen molar-refractivity contribution in [1.82, 2.24) is 5.32 Å². The van der Waals surface area contributed by atoms with Crippen LogP contribution in [0.5, 0.6) is 0 Å². The molecule has 0 aliphatic carbocycles. The Morgan fingerprint density at radius 3 is 1.96 bits per heavy atom. The Bertz CT molecular complexity index is 810. The SMILES string of the molecule is CC(C)(C)c1ccc([C@@H](C#N)NC(=O)c2ccc(C(N)=O)cc2)cc1. The Morgan fingerprint density at radius 1 is 1.00 bits per heavy atom. The molecular weight excluding hydrogens is 314 g/mol. The summed E-state index contributed by atoms with van der Waals surface area (Å²) >= 11 is 0. The van der Waals surface area contributed by atoms with Crippen molar-refractivity contribution >= 4 is 11.8 Å². The van der Waals surface area contributed by atoms with Crippen molar-refractivity contribution in [2.45, 2.75) is 32.2 Å². The highest BCUT2D eigenvalue weighted by Crippen LogP contribution is 2.24. The second kappa shape index (κ2) is 7.18. The van der Waals surface area contributed by atoms with Crippen molar-refractivity contribution in [3.8, 4) is 6.07 Å². The number of rotatable bonds is 4. The van der Waals surface area contributed by atoms with Crippen molar-refractivity contribution in [3.05, 3.63) is 70.8 Å². The molecule has 2 aromatic rings. The van der Waals surface area contributed by atoms with Gasteiger partial charge in [-0.1, -0.05) is 45.0 Å². The van der Waals surface area contributed by atoms with Crippen molar-refractivity contribution in [3.63, 3.8) is 0 Å².